The lowest BCUT2D eigenvalue weighted by atomic mass is 9.87. The van der Waals surface area contributed by atoms with Crippen molar-refractivity contribution < 1.29 is 32.2 Å². The summed E-state index contributed by atoms with van der Waals surface area (Å²) < 4.78 is 49.7. The number of carbonyl (C=O) groups excluding carboxylic acids is 2. The third-order valence-electron chi connectivity index (χ3n) is 4.21. The van der Waals surface area contributed by atoms with Gasteiger partial charge in [0.15, 0.2) is 0 Å². The van der Waals surface area contributed by atoms with Crippen LogP contribution < -0.4 is 0 Å². The fourth-order valence-electron chi connectivity index (χ4n) is 2.65. The Morgan fingerprint density at radius 2 is 1.53 bits per heavy atom. The molecular formula is C22H31F3O4S. The molecule has 8 heteroatoms. The molecule has 0 fully saturated rings. The van der Waals surface area contributed by atoms with Crippen LogP contribution in [0.25, 0.3) is 0 Å². The third kappa shape index (κ3) is 8.20. The Kier molecular flexibility index (Phi) is 8.84. The molecule has 1 aromatic carbocycles. The number of ether oxygens (including phenoxy) is 2. The van der Waals surface area contributed by atoms with Crippen molar-refractivity contribution in [3.05, 3.63) is 35.4 Å². The van der Waals surface area contributed by atoms with Gasteiger partial charge in [-0.2, -0.15) is 24.9 Å². The first-order chi connectivity index (χ1) is 13.6. The second-order valence-electron chi connectivity index (χ2n) is 9.17. The Morgan fingerprint density at radius 1 is 1.00 bits per heavy atom. The lowest BCUT2D eigenvalue weighted by molar-refractivity contribution is -0.167. The molecule has 1 aromatic rings. The molecule has 30 heavy (non-hydrogen) atoms. The van der Waals surface area contributed by atoms with Crippen LogP contribution in [0.4, 0.5) is 13.2 Å². The van der Waals surface area contributed by atoms with Crippen molar-refractivity contribution in [3.63, 3.8) is 0 Å². The Balaban J connectivity index is 3.25. The van der Waals surface area contributed by atoms with E-state index in [2.05, 4.69) is 0 Å². The summed E-state index contributed by atoms with van der Waals surface area (Å²) in [6.07, 6.45) is -2.61. The molecule has 0 saturated carbocycles. The highest BCUT2D eigenvalue weighted by atomic mass is 32.2. The number of halogens is 3. The predicted octanol–water partition coefficient (Wildman–Crippen LogP) is 5.70. The normalized spacial score (nSPS) is 14.7. The van der Waals surface area contributed by atoms with E-state index >= 15 is 0 Å². The van der Waals surface area contributed by atoms with E-state index in [9.17, 15) is 22.8 Å². The van der Waals surface area contributed by atoms with Crippen LogP contribution in [0.2, 0.25) is 0 Å². The molecule has 170 valence electrons. The average molecular weight is 449 g/mol. The van der Waals surface area contributed by atoms with Gasteiger partial charge in [0.2, 0.25) is 0 Å². The maximum Gasteiger partial charge on any atom is 0.416 e. The molecule has 0 heterocycles. The smallest absolute Gasteiger partial charge is 0.416 e. The van der Waals surface area contributed by atoms with Crippen molar-refractivity contribution in [1.82, 2.24) is 0 Å². The Morgan fingerprint density at radius 3 is 1.93 bits per heavy atom. The van der Waals surface area contributed by atoms with Crippen LogP contribution in [0, 0.1) is 11.3 Å². The summed E-state index contributed by atoms with van der Waals surface area (Å²) in [5.41, 5.74) is -1.71. The molecule has 0 saturated heterocycles. The van der Waals surface area contributed by atoms with Gasteiger partial charge in [-0.15, -0.1) is 0 Å². The molecule has 0 aliphatic rings. The van der Waals surface area contributed by atoms with Gasteiger partial charge in [0, 0.05) is 11.7 Å². The van der Waals surface area contributed by atoms with Crippen molar-refractivity contribution in [2.24, 2.45) is 11.3 Å². The summed E-state index contributed by atoms with van der Waals surface area (Å²) >= 11 is 1.45. The molecule has 0 bridgehead atoms. The van der Waals surface area contributed by atoms with E-state index in [1.807, 2.05) is 6.26 Å². The quantitative estimate of drug-likeness (QED) is 0.501. The van der Waals surface area contributed by atoms with Gasteiger partial charge in [-0.3, -0.25) is 9.59 Å². The Bertz CT molecular complexity index is 716. The van der Waals surface area contributed by atoms with Gasteiger partial charge in [-0.25, -0.2) is 0 Å². The van der Waals surface area contributed by atoms with E-state index < -0.39 is 46.5 Å². The fourth-order valence-corrected chi connectivity index (χ4v) is 3.44. The first-order valence-corrected chi connectivity index (χ1v) is 11.0. The van der Waals surface area contributed by atoms with Crippen molar-refractivity contribution in [3.8, 4) is 0 Å². The molecule has 0 aromatic heterocycles. The van der Waals surface area contributed by atoms with Gasteiger partial charge in [0.1, 0.15) is 12.2 Å². The van der Waals surface area contributed by atoms with Crippen LogP contribution >= 0.6 is 11.8 Å². The van der Waals surface area contributed by atoms with Crippen LogP contribution in [0.1, 0.15) is 58.6 Å². The minimum atomic E-state index is -4.44. The number of carbonyl (C=O) groups is 2. The van der Waals surface area contributed by atoms with Gasteiger partial charge in [0.05, 0.1) is 16.9 Å². The van der Waals surface area contributed by atoms with Crippen LogP contribution in [0.3, 0.4) is 0 Å². The van der Waals surface area contributed by atoms with Gasteiger partial charge in [-0.05, 0) is 65.5 Å². The van der Waals surface area contributed by atoms with E-state index in [1.54, 1.807) is 41.5 Å². The summed E-state index contributed by atoms with van der Waals surface area (Å²) in [4.78, 5) is 25.2. The monoisotopic (exact) mass is 448 g/mol. The number of rotatable bonds is 7. The van der Waals surface area contributed by atoms with Crippen LogP contribution in [0.15, 0.2) is 24.3 Å². The SMILES string of the molecule is CSC[C@H](c1ccc(C(F)(F)F)cc1)[C@@H](COC(=O)C(C)(C)C)C(=O)OC(C)(C)C. The van der Waals surface area contributed by atoms with Gasteiger partial charge in [-0.1, -0.05) is 12.1 Å². The van der Waals surface area contributed by atoms with Crippen LogP contribution in [-0.2, 0) is 25.2 Å². The topological polar surface area (TPSA) is 52.6 Å². The lowest BCUT2D eigenvalue weighted by Gasteiger charge is -2.30. The predicted molar refractivity (Wildman–Crippen MR) is 112 cm³/mol. The highest BCUT2D eigenvalue weighted by molar-refractivity contribution is 7.98. The third-order valence-corrected chi connectivity index (χ3v) is 4.91. The first-order valence-electron chi connectivity index (χ1n) is 9.62. The summed E-state index contributed by atoms with van der Waals surface area (Å²) in [7, 11) is 0. The minimum Gasteiger partial charge on any atom is -0.464 e. The zero-order valence-corrected chi connectivity index (χ0v) is 19.4. The number of alkyl halides is 3. The van der Waals surface area contributed by atoms with Crippen molar-refractivity contribution in [2.75, 3.05) is 18.6 Å². The summed E-state index contributed by atoms with van der Waals surface area (Å²) in [6, 6.07) is 4.73. The summed E-state index contributed by atoms with van der Waals surface area (Å²) in [5, 5.41) is 0. The number of benzene rings is 1. The molecular weight excluding hydrogens is 417 g/mol. The fraction of sp³-hybridized carbons (Fsp3) is 0.636. The lowest BCUT2D eigenvalue weighted by Crippen LogP contribution is -2.37. The Labute approximate surface area is 180 Å². The standard InChI is InChI=1S/C22H31F3O4S/c1-20(2,3)19(27)28-12-16(18(26)29-21(4,5)6)17(13-30-7)14-8-10-15(11-9-14)22(23,24)25/h8-11,16-17H,12-13H2,1-7H3/t16-,17-/m1/s1. The molecule has 0 spiro atoms. The summed E-state index contributed by atoms with van der Waals surface area (Å²) in [5.74, 6) is -1.90. The number of hydrogen-bond donors (Lipinski definition) is 0. The molecule has 0 unspecified atom stereocenters. The highest BCUT2D eigenvalue weighted by Gasteiger charge is 2.36. The van der Waals surface area contributed by atoms with E-state index in [4.69, 9.17) is 9.47 Å². The van der Waals surface area contributed by atoms with Gasteiger partial charge in [0.25, 0.3) is 0 Å². The molecule has 0 radical (unpaired) electrons. The van der Waals surface area contributed by atoms with Crippen molar-refractivity contribution in [2.45, 2.75) is 59.2 Å². The van der Waals surface area contributed by atoms with E-state index in [0.717, 1.165) is 12.1 Å². The molecule has 0 aliphatic heterocycles. The maximum absolute atomic E-state index is 12.9. The van der Waals surface area contributed by atoms with Crippen LogP contribution in [-0.4, -0.2) is 36.2 Å². The summed E-state index contributed by atoms with van der Waals surface area (Å²) in [6.45, 7) is 10.1. The highest BCUT2D eigenvalue weighted by Crippen LogP contribution is 2.34. The second kappa shape index (κ2) is 10.1. The first kappa shape index (κ1) is 26.3. The second-order valence-corrected chi connectivity index (χ2v) is 10.1. The van der Waals surface area contributed by atoms with E-state index in [0.29, 0.717) is 11.3 Å². The molecule has 0 aliphatic carbocycles. The van der Waals surface area contributed by atoms with E-state index in [-0.39, 0.29) is 6.61 Å². The van der Waals surface area contributed by atoms with Gasteiger partial charge < -0.3 is 9.47 Å². The molecule has 1 rings (SSSR count). The molecule has 0 N–H and O–H groups in total. The zero-order chi connectivity index (χ0) is 23.3. The average Bonchev–Trinajstić information content (AvgIpc) is 2.57. The zero-order valence-electron chi connectivity index (χ0n) is 18.6. The van der Waals surface area contributed by atoms with Gasteiger partial charge >= 0.3 is 18.1 Å². The molecule has 2 atom stereocenters. The number of hydrogen-bond acceptors (Lipinski definition) is 5. The van der Waals surface area contributed by atoms with E-state index in [1.165, 1.54) is 23.9 Å². The van der Waals surface area contributed by atoms with Crippen molar-refractivity contribution in [1.29, 1.82) is 0 Å². The number of thioether (sulfide) groups is 1. The largest absolute Gasteiger partial charge is 0.464 e. The van der Waals surface area contributed by atoms with Crippen LogP contribution in [0.5, 0.6) is 0 Å². The number of esters is 2. The molecule has 0 amide bonds. The molecule has 4 nitrogen and oxygen atoms in total. The van der Waals surface area contributed by atoms with Crippen molar-refractivity contribution >= 4 is 23.7 Å². The minimum absolute atomic E-state index is 0.211. The Hall–Kier alpha value is -1.70. The maximum atomic E-state index is 12.9.